The van der Waals surface area contributed by atoms with Crippen molar-refractivity contribution < 1.29 is 13.5 Å². The Morgan fingerprint density at radius 1 is 0.950 bits per heavy atom. The molecule has 2 aromatic carbocycles. The van der Waals surface area contributed by atoms with E-state index in [1.165, 1.54) is 0 Å². The highest BCUT2D eigenvalue weighted by Gasteiger charge is 2.11. The molecule has 0 aromatic heterocycles. The molecule has 0 aliphatic heterocycles. The Labute approximate surface area is 119 Å². The van der Waals surface area contributed by atoms with Gasteiger partial charge in [0, 0.05) is 6.54 Å². The summed E-state index contributed by atoms with van der Waals surface area (Å²) >= 11 is 0. The van der Waals surface area contributed by atoms with Crippen LogP contribution in [0, 0.1) is 0 Å². The van der Waals surface area contributed by atoms with Crippen molar-refractivity contribution in [1.29, 1.82) is 0 Å². The van der Waals surface area contributed by atoms with Crippen LogP contribution in [-0.2, 0) is 16.4 Å². The van der Waals surface area contributed by atoms with Gasteiger partial charge in [0.25, 0.3) is 0 Å². The van der Waals surface area contributed by atoms with E-state index in [1.54, 1.807) is 42.5 Å². The Morgan fingerprint density at radius 2 is 1.60 bits per heavy atom. The summed E-state index contributed by atoms with van der Waals surface area (Å²) in [5.74, 6) is 0.235. The lowest BCUT2D eigenvalue weighted by molar-refractivity contribution is 0.475. The Morgan fingerprint density at radius 3 is 2.25 bits per heavy atom. The van der Waals surface area contributed by atoms with Crippen LogP contribution in [0.25, 0.3) is 0 Å². The van der Waals surface area contributed by atoms with Crippen molar-refractivity contribution in [2.24, 2.45) is 0 Å². The fraction of sp³-hybridized carbons (Fsp3) is 0.200. The van der Waals surface area contributed by atoms with E-state index in [0.717, 1.165) is 12.0 Å². The van der Waals surface area contributed by atoms with E-state index in [0.29, 0.717) is 13.0 Å². The maximum atomic E-state index is 11.9. The molecule has 0 saturated heterocycles. The summed E-state index contributed by atoms with van der Waals surface area (Å²) in [5, 5.41) is 9.17. The SMILES string of the molecule is O=S(=O)(NCCCc1ccc(O)cc1)c1ccccc1. The molecule has 0 radical (unpaired) electrons. The molecule has 2 N–H and O–H groups in total. The molecule has 4 nitrogen and oxygen atoms in total. The molecule has 5 heteroatoms. The fourth-order valence-electron chi connectivity index (χ4n) is 1.84. The van der Waals surface area contributed by atoms with E-state index in [2.05, 4.69) is 4.72 Å². The smallest absolute Gasteiger partial charge is 0.240 e. The van der Waals surface area contributed by atoms with Gasteiger partial charge in [-0.2, -0.15) is 0 Å². The summed E-state index contributed by atoms with van der Waals surface area (Å²) in [6.45, 7) is 0.387. The average Bonchev–Trinajstić information content (AvgIpc) is 2.46. The minimum atomic E-state index is -3.41. The van der Waals surface area contributed by atoms with Crippen molar-refractivity contribution in [3.8, 4) is 5.75 Å². The molecule has 0 atom stereocenters. The lowest BCUT2D eigenvalue weighted by Crippen LogP contribution is -2.25. The molecule has 106 valence electrons. The summed E-state index contributed by atoms with van der Waals surface area (Å²) in [4.78, 5) is 0.282. The van der Waals surface area contributed by atoms with Gasteiger partial charge in [0.2, 0.25) is 10.0 Å². The molecular formula is C15H17NO3S. The lowest BCUT2D eigenvalue weighted by Gasteiger charge is -2.06. The maximum Gasteiger partial charge on any atom is 0.240 e. The van der Waals surface area contributed by atoms with Gasteiger partial charge in [0.05, 0.1) is 4.90 Å². The van der Waals surface area contributed by atoms with Crippen LogP contribution < -0.4 is 4.72 Å². The third-order valence-corrected chi connectivity index (χ3v) is 4.40. The number of rotatable bonds is 6. The van der Waals surface area contributed by atoms with Crippen molar-refractivity contribution in [2.45, 2.75) is 17.7 Å². The normalized spacial score (nSPS) is 11.4. The van der Waals surface area contributed by atoms with Crippen LogP contribution in [0.1, 0.15) is 12.0 Å². The molecular weight excluding hydrogens is 274 g/mol. The summed E-state index contributed by atoms with van der Waals surface area (Å²) in [5.41, 5.74) is 1.07. The second-order valence-electron chi connectivity index (χ2n) is 4.48. The minimum absolute atomic E-state index is 0.235. The zero-order valence-electron chi connectivity index (χ0n) is 11.0. The van der Waals surface area contributed by atoms with Crippen molar-refractivity contribution in [3.63, 3.8) is 0 Å². The number of sulfonamides is 1. The average molecular weight is 291 g/mol. The number of benzene rings is 2. The van der Waals surface area contributed by atoms with Crippen molar-refractivity contribution in [2.75, 3.05) is 6.54 Å². The molecule has 2 aromatic rings. The monoisotopic (exact) mass is 291 g/mol. The van der Waals surface area contributed by atoms with Crippen LogP contribution in [0.3, 0.4) is 0 Å². The first kappa shape index (κ1) is 14.6. The van der Waals surface area contributed by atoms with E-state index in [-0.39, 0.29) is 10.6 Å². The molecule has 0 bridgehead atoms. The van der Waals surface area contributed by atoms with Gasteiger partial charge in [-0.1, -0.05) is 30.3 Å². The van der Waals surface area contributed by atoms with Gasteiger partial charge in [-0.15, -0.1) is 0 Å². The van der Waals surface area contributed by atoms with E-state index < -0.39 is 10.0 Å². The van der Waals surface area contributed by atoms with Crippen molar-refractivity contribution in [1.82, 2.24) is 4.72 Å². The molecule has 0 saturated carbocycles. The number of aryl methyl sites for hydroxylation is 1. The van der Waals surface area contributed by atoms with E-state index in [9.17, 15) is 8.42 Å². The molecule has 0 fully saturated rings. The van der Waals surface area contributed by atoms with Gasteiger partial charge >= 0.3 is 0 Å². The van der Waals surface area contributed by atoms with Gasteiger partial charge in [0.1, 0.15) is 5.75 Å². The van der Waals surface area contributed by atoms with Gasteiger partial charge < -0.3 is 5.11 Å². The summed E-state index contributed by atoms with van der Waals surface area (Å²) in [7, 11) is -3.41. The number of hydrogen-bond donors (Lipinski definition) is 2. The number of hydrogen-bond acceptors (Lipinski definition) is 3. The van der Waals surface area contributed by atoms with E-state index in [1.807, 2.05) is 12.1 Å². The largest absolute Gasteiger partial charge is 0.508 e. The third-order valence-electron chi connectivity index (χ3n) is 2.92. The zero-order chi connectivity index (χ0) is 14.4. The molecule has 20 heavy (non-hydrogen) atoms. The first-order valence-electron chi connectivity index (χ1n) is 6.40. The third kappa shape index (κ3) is 4.08. The summed E-state index contributed by atoms with van der Waals surface area (Å²) in [6.07, 6.45) is 1.47. The topological polar surface area (TPSA) is 66.4 Å². The Balaban J connectivity index is 1.83. The number of phenolic OH excluding ortho intramolecular Hbond substituents is 1. The molecule has 0 unspecified atom stereocenters. The molecule has 2 rings (SSSR count). The van der Waals surface area contributed by atoms with Crippen molar-refractivity contribution in [3.05, 3.63) is 60.2 Å². The van der Waals surface area contributed by atoms with Crippen molar-refractivity contribution >= 4 is 10.0 Å². The molecule has 0 heterocycles. The number of phenols is 1. The highest BCUT2D eigenvalue weighted by atomic mass is 32.2. The molecule has 0 aliphatic carbocycles. The summed E-state index contributed by atoms with van der Waals surface area (Å²) in [6, 6.07) is 15.2. The molecule has 0 amide bonds. The molecule has 0 aliphatic rings. The number of aromatic hydroxyl groups is 1. The first-order valence-corrected chi connectivity index (χ1v) is 7.89. The molecule has 0 spiro atoms. The van der Waals surface area contributed by atoms with Gasteiger partial charge in [0.15, 0.2) is 0 Å². The van der Waals surface area contributed by atoms with E-state index >= 15 is 0 Å². The predicted octanol–water partition coefficient (Wildman–Crippen LogP) is 2.30. The van der Waals surface area contributed by atoms with Gasteiger partial charge in [-0.25, -0.2) is 13.1 Å². The fourth-order valence-corrected chi connectivity index (χ4v) is 2.94. The maximum absolute atomic E-state index is 11.9. The van der Waals surface area contributed by atoms with Crippen LogP contribution >= 0.6 is 0 Å². The van der Waals surface area contributed by atoms with Crippen LogP contribution in [0.15, 0.2) is 59.5 Å². The minimum Gasteiger partial charge on any atom is -0.508 e. The summed E-state index contributed by atoms with van der Waals surface area (Å²) < 4.78 is 26.5. The Bertz CT molecular complexity index is 637. The lowest BCUT2D eigenvalue weighted by atomic mass is 10.1. The van der Waals surface area contributed by atoms with Gasteiger partial charge in [-0.05, 0) is 42.7 Å². The second-order valence-corrected chi connectivity index (χ2v) is 6.25. The standard InChI is InChI=1S/C15H17NO3S/c17-14-10-8-13(9-11-14)5-4-12-16-20(18,19)15-6-2-1-3-7-15/h1-3,6-11,16-17H,4-5,12H2. The van der Waals surface area contributed by atoms with Crippen LogP contribution in [-0.4, -0.2) is 20.1 Å². The van der Waals surface area contributed by atoms with Gasteiger partial charge in [-0.3, -0.25) is 0 Å². The van der Waals surface area contributed by atoms with Crippen LogP contribution in [0.5, 0.6) is 5.75 Å². The Hall–Kier alpha value is -1.85. The quantitative estimate of drug-likeness (QED) is 0.803. The van der Waals surface area contributed by atoms with Crippen LogP contribution in [0.2, 0.25) is 0 Å². The van der Waals surface area contributed by atoms with E-state index in [4.69, 9.17) is 5.11 Å². The highest BCUT2D eigenvalue weighted by molar-refractivity contribution is 7.89. The second kappa shape index (κ2) is 6.54. The van der Waals surface area contributed by atoms with Crippen LogP contribution in [0.4, 0.5) is 0 Å². The number of nitrogens with one attached hydrogen (secondary N) is 1. The Kier molecular flexibility index (Phi) is 4.76. The zero-order valence-corrected chi connectivity index (χ0v) is 11.8. The highest BCUT2D eigenvalue weighted by Crippen LogP contribution is 2.11. The first-order chi connectivity index (χ1) is 9.58. The predicted molar refractivity (Wildman–Crippen MR) is 78.1 cm³/mol.